The Hall–Kier alpha value is -2.03. The van der Waals surface area contributed by atoms with Crippen molar-refractivity contribution in [2.45, 2.75) is 46.6 Å². The Labute approximate surface area is 183 Å². The third-order valence-corrected chi connectivity index (χ3v) is 4.95. The summed E-state index contributed by atoms with van der Waals surface area (Å²) >= 11 is 0. The van der Waals surface area contributed by atoms with E-state index in [1.807, 2.05) is 0 Å². The van der Waals surface area contributed by atoms with Gasteiger partial charge in [-0.25, -0.2) is 0 Å². The van der Waals surface area contributed by atoms with Crippen molar-refractivity contribution in [1.82, 2.24) is 20.8 Å². The predicted octanol–water partition coefficient (Wildman–Crippen LogP) is 4.11. The molecule has 0 spiro atoms. The summed E-state index contributed by atoms with van der Waals surface area (Å²) in [5, 5.41) is 12.3. The zero-order valence-electron chi connectivity index (χ0n) is 17.1. The average Bonchev–Trinajstić information content (AvgIpc) is 3.28. The maximum absolute atomic E-state index is 5.43. The van der Waals surface area contributed by atoms with E-state index in [1.54, 1.807) is 7.05 Å². The molecule has 7 heteroatoms. The van der Waals surface area contributed by atoms with Crippen molar-refractivity contribution in [3.8, 4) is 0 Å². The number of aromatic nitrogens is 2. The third kappa shape index (κ3) is 4.87. The molecule has 0 bridgehead atoms. The second-order valence-electron chi connectivity index (χ2n) is 6.65. The second kappa shape index (κ2) is 10.5. The van der Waals surface area contributed by atoms with Gasteiger partial charge in [0.25, 0.3) is 0 Å². The van der Waals surface area contributed by atoms with Gasteiger partial charge in [-0.2, -0.15) is 0 Å². The van der Waals surface area contributed by atoms with Gasteiger partial charge in [0, 0.05) is 49.2 Å². The molecule has 3 rings (SSSR count). The van der Waals surface area contributed by atoms with Gasteiger partial charge < -0.3 is 20.1 Å². The number of benzene rings is 1. The van der Waals surface area contributed by atoms with Crippen molar-refractivity contribution in [3.63, 3.8) is 0 Å². The lowest BCUT2D eigenvalue weighted by atomic mass is 10.1. The highest BCUT2D eigenvalue weighted by Crippen LogP contribution is 2.22. The van der Waals surface area contributed by atoms with Gasteiger partial charge in [0.15, 0.2) is 5.96 Å². The number of aryl methyl sites for hydroxylation is 3. The fourth-order valence-corrected chi connectivity index (χ4v) is 3.49. The summed E-state index contributed by atoms with van der Waals surface area (Å²) in [7, 11) is 1.79. The summed E-state index contributed by atoms with van der Waals surface area (Å²) in [6, 6.07) is 6.36. The molecule has 0 radical (unpaired) electrons. The van der Waals surface area contributed by atoms with Crippen LogP contribution in [0.4, 0.5) is 0 Å². The Kier molecular flexibility index (Phi) is 8.35. The summed E-state index contributed by atoms with van der Waals surface area (Å²) in [5.41, 5.74) is 5.99. The molecule has 152 valence electrons. The SMILES string of the molecule is CCc1noc(CC)c1CNC(=NC)NCCc1c[nH]c2cccc(C)c12.I. The number of H-pyrrole nitrogens is 1. The van der Waals surface area contributed by atoms with E-state index in [0.717, 1.165) is 48.8 Å². The number of hydrogen-bond acceptors (Lipinski definition) is 3. The van der Waals surface area contributed by atoms with Gasteiger partial charge in [0.05, 0.1) is 5.69 Å². The number of nitrogens with one attached hydrogen (secondary N) is 3. The molecule has 0 saturated heterocycles. The van der Waals surface area contributed by atoms with Gasteiger partial charge in [-0.3, -0.25) is 4.99 Å². The van der Waals surface area contributed by atoms with Crippen LogP contribution in [0.3, 0.4) is 0 Å². The van der Waals surface area contributed by atoms with Crippen molar-refractivity contribution in [2.75, 3.05) is 13.6 Å². The van der Waals surface area contributed by atoms with Crippen LogP contribution in [0.1, 0.15) is 42.0 Å². The number of halogens is 1. The van der Waals surface area contributed by atoms with Crippen LogP contribution in [0, 0.1) is 6.92 Å². The second-order valence-corrected chi connectivity index (χ2v) is 6.65. The summed E-state index contributed by atoms with van der Waals surface area (Å²) in [6.45, 7) is 7.81. The van der Waals surface area contributed by atoms with Crippen LogP contribution in [0.25, 0.3) is 10.9 Å². The number of hydrogen-bond donors (Lipinski definition) is 3. The smallest absolute Gasteiger partial charge is 0.191 e. The molecule has 0 unspecified atom stereocenters. The molecule has 0 saturated carbocycles. The van der Waals surface area contributed by atoms with E-state index in [0.29, 0.717) is 6.54 Å². The molecule has 3 N–H and O–H groups in total. The third-order valence-electron chi connectivity index (χ3n) is 4.95. The van der Waals surface area contributed by atoms with E-state index in [1.165, 1.54) is 22.0 Å². The molecule has 0 aliphatic rings. The van der Waals surface area contributed by atoms with Crippen molar-refractivity contribution in [2.24, 2.45) is 4.99 Å². The number of aliphatic imine (C=N–C) groups is 1. The lowest BCUT2D eigenvalue weighted by molar-refractivity contribution is 0.380. The number of nitrogens with zero attached hydrogens (tertiary/aromatic N) is 2. The molecule has 0 atom stereocenters. The molecule has 0 aliphatic carbocycles. The molecule has 3 aromatic rings. The quantitative estimate of drug-likeness (QED) is 0.262. The number of guanidine groups is 1. The average molecular weight is 495 g/mol. The molecule has 0 aliphatic heterocycles. The fourth-order valence-electron chi connectivity index (χ4n) is 3.49. The zero-order valence-corrected chi connectivity index (χ0v) is 19.4. The Morgan fingerprint density at radius 3 is 2.75 bits per heavy atom. The van der Waals surface area contributed by atoms with E-state index >= 15 is 0 Å². The summed E-state index contributed by atoms with van der Waals surface area (Å²) in [6.07, 6.45) is 4.75. The van der Waals surface area contributed by atoms with Crippen molar-refractivity contribution < 1.29 is 4.52 Å². The Morgan fingerprint density at radius 1 is 1.21 bits per heavy atom. The molecule has 0 fully saturated rings. The monoisotopic (exact) mass is 495 g/mol. The normalized spacial score (nSPS) is 11.5. The number of rotatable bonds is 7. The predicted molar refractivity (Wildman–Crippen MR) is 126 cm³/mol. The minimum atomic E-state index is 0. The minimum absolute atomic E-state index is 0. The van der Waals surface area contributed by atoms with Crippen LogP contribution >= 0.6 is 24.0 Å². The number of fused-ring (bicyclic) bond motifs is 1. The van der Waals surface area contributed by atoms with Gasteiger partial charge in [0.1, 0.15) is 5.76 Å². The highest BCUT2D eigenvalue weighted by Gasteiger charge is 2.13. The van der Waals surface area contributed by atoms with E-state index in [9.17, 15) is 0 Å². The van der Waals surface area contributed by atoms with E-state index in [4.69, 9.17) is 4.52 Å². The van der Waals surface area contributed by atoms with Gasteiger partial charge in [-0.15, -0.1) is 24.0 Å². The van der Waals surface area contributed by atoms with E-state index < -0.39 is 0 Å². The van der Waals surface area contributed by atoms with Crippen LogP contribution < -0.4 is 10.6 Å². The first-order chi connectivity index (χ1) is 13.2. The van der Waals surface area contributed by atoms with Crippen LogP contribution in [0.5, 0.6) is 0 Å². The van der Waals surface area contributed by atoms with Gasteiger partial charge in [-0.05, 0) is 37.0 Å². The van der Waals surface area contributed by atoms with E-state index in [-0.39, 0.29) is 24.0 Å². The van der Waals surface area contributed by atoms with Crippen LogP contribution in [-0.2, 0) is 25.8 Å². The largest absolute Gasteiger partial charge is 0.361 e. The minimum Gasteiger partial charge on any atom is -0.361 e. The summed E-state index contributed by atoms with van der Waals surface area (Å²) in [5.74, 6) is 1.74. The van der Waals surface area contributed by atoms with Crippen molar-refractivity contribution >= 4 is 40.8 Å². The summed E-state index contributed by atoms with van der Waals surface area (Å²) < 4.78 is 5.43. The van der Waals surface area contributed by atoms with Gasteiger partial charge in [0.2, 0.25) is 0 Å². The van der Waals surface area contributed by atoms with Crippen molar-refractivity contribution in [3.05, 3.63) is 52.5 Å². The highest BCUT2D eigenvalue weighted by molar-refractivity contribution is 14.0. The van der Waals surface area contributed by atoms with Crippen LogP contribution in [0.2, 0.25) is 0 Å². The molecule has 2 heterocycles. The van der Waals surface area contributed by atoms with E-state index in [2.05, 4.69) is 70.9 Å². The topological polar surface area (TPSA) is 78.2 Å². The molecule has 0 amide bonds. The Balaban J connectivity index is 0.00000280. The summed E-state index contributed by atoms with van der Waals surface area (Å²) in [4.78, 5) is 7.69. The van der Waals surface area contributed by atoms with Crippen LogP contribution in [0.15, 0.2) is 33.9 Å². The maximum atomic E-state index is 5.43. The molecular formula is C21H30IN5O. The highest BCUT2D eigenvalue weighted by atomic mass is 127. The maximum Gasteiger partial charge on any atom is 0.191 e. The molecule has 2 aromatic heterocycles. The standard InChI is InChI=1S/C21H29N5O.HI/c1-5-17-16(19(6-2)27-26-17)13-25-21(22-4)23-11-10-15-12-24-18-9-7-8-14(3)20(15)18;/h7-9,12,24H,5-6,10-11,13H2,1-4H3,(H2,22,23,25);1H. The molecule has 28 heavy (non-hydrogen) atoms. The lowest BCUT2D eigenvalue weighted by Crippen LogP contribution is -2.38. The van der Waals surface area contributed by atoms with Gasteiger partial charge >= 0.3 is 0 Å². The van der Waals surface area contributed by atoms with Gasteiger partial charge in [-0.1, -0.05) is 31.1 Å². The Morgan fingerprint density at radius 2 is 2.04 bits per heavy atom. The zero-order chi connectivity index (χ0) is 19.2. The lowest BCUT2D eigenvalue weighted by Gasteiger charge is -2.12. The first kappa shape index (κ1) is 22.3. The first-order valence-electron chi connectivity index (χ1n) is 9.64. The number of aromatic amines is 1. The molecule has 6 nitrogen and oxygen atoms in total. The fraction of sp³-hybridized carbons (Fsp3) is 0.429. The Bertz CT molecular complexity index is 907. The first-order valence-corrected chi connectivity index (χ1v) is 9.64. The van der Waals surface area contributed by atoms with Crippen molar-refractivity contribution in [1.29, 1.82) is 0 Å². The molecular weight excluding hydrogens is 465 g/mol. The molecule has 1 aromatic carbocycles. The van der Waals surface area contributed by atoms with Crippen LogP contribution in [-0.4, -0.2) is 29.7 Å².